The summed E-state index contributed by atoms with van der Waals surface area (Å²) >= 11 is 0. The van der Waals surface area contributed by atoms with Gasteiger partial charge in [0.25, 0.3) is 11.8 Å². The van der Waals surface area contributed by atoms with Crippen LogP contribution in [0.25, 0.3) is 0 Å². The van der Waals surface area contributed by atoms with Gasteiger partial charge >= 0.3 is 5.97 Å². The number of esters is 1. The van der Waals surface area contributed by atoms with Crippen molar-refractivity contribution in [3.05, 3.63) is 59.7 Å². The molecule has 2 amide bonds. The molecule has 0 aromatic heterocycles. The van der Waals surface area contributed by atoms with Gasteiger partial charge < -0.3 is 15.4 Å². The Morgan fingerprint density at radius 3 is 2.25 bits per heavy atom. The lowest BCUT2D eigenvalue weighted by atomic mass is 10.0. The molecular formula is C22H27N3O6S. The second-order valence-corrected chi connectivity index (χ2v) is 9.27. The van der Waals surface area contributed by atoms with Crippen LogP contribution in [-0.2, 0) is 24.3 Å². The van der Waals surface area contributed by atoms with E-state index >= 15 is 0 Å². The fraction of sp³-hybridized carbons (Fsp3) is 0.318. The fourth-order valence-electron chi connectivity index (χ4n) is 2.80. The molecule has 0 bridgehead atoms. The number of nitrogens with one attached hydrogen (secondary N) is 2. The van der Waals surface area contributed by atoms with Crippen LogP contribution in [0.3, 0.4) is 0 Å². The molecule has 2 atom stereocenters. The number of carbonyl (C=O) groups is 3. The van der Waals surface area contributed by atoms with Crippen molar-refractivity contribution >= 4 is 33.5 Å². The first kappa shape index (κ1) is 25.0. The van der Waals surface area contributed by atoms with Crippen LogP contribution in [0.1, 0.15) is 36.7 Å². The summed E-state index contributed by atoms with van der Waals surface area (Å²) in [4.78, 5) is 37.4. The SMILES string of the molecule is Cc1cccc(C(=O)N[C@H](C(=O)OC(C)C(=O)Nc2cccc(S(N)(=O)=O)c2)C(C)C)c1. The molecule has 0 aliphatic carbocycles. The number of anilines is 1. The van der Waals surface area contributed by atoms with E-state index in [0.29, 0.717) is 5.56 Å². The second-order valence-electron chi connectivity index (χ2n) is 7.71. The van der Waals surface area contributed by atoms with Crippen LogP contribution in [0, 0.1) is 12.8 Å². The first-order valence-electron chi connectivity index (χ1n) is 9.90. The van der Waals surface area contributed by atoms with E-state index in [0.717, 1.165) is 5.56 Å². The Balaban J connectivity index is 2.05. The maximum atomic E-state index is 12.7. The molecule has 0 saturated heterocycles. The Hall–Kier alpha value is -3.24. The number of benzene rings is 2. The molecule has 172 valence electrons. The summed E-state index contributed by atoms with van der Waals surface area (Å²) < 4.78 is 28.2. The van der Waals surface area contributed by atoms with E-state index < -0.39 is 40.0 Å². The van der Waals surface area contributed by atoms with Crippen LogP contribution < -0.4 is 15.8 Å². The third-order valence-electron chi connectivity index (χ3n) is 4.58. The van der Waals surface area contributed by atoms with Gasteiger partial charge in [-0.1, -0.05) is 37.6 Å². The van der Waals surface area contributed by atoms with Gasteiger partial charge in [0.2, 0.25) is 10.0 Å². The molecule has 0 saturated carbocycles. The van der Waals surface area contributed by atoms with Gasteiger partial charge in [-0.2, -0.15) is 0 Å². The quantitative estimate of drug-likeness (QED) is 0.513. The van der Waals surface area contributed by atoms with Crippen molar-refractivity contribution < 1.29 is 27.5 Å². The summed E-state index contributed by atoms with van der Waals surface area (Å²) in [7, 11) is -3.94. The average Bonchev–Trinajstić information content (AvgIpc) is 2.70. The standard InChI is InChI=1S/C22H27N3O6S/c1-13(2)19(25-21(27)16-8-5-7-14(3)11-16)22(28)31-15(4)20(26)24-17-9-6-10-18(12-17)32(23,29)30/h5-13,15,19H,1-4H3,(H,24,26)(H,25,27)(H2,23,29,30)/t15?,19-/m0/s1. The fourth-order valence-corrected chi connectivity index (χ4v) is 3.36. The number of sulfonamides is 1. The van der Waals surface area contributed by atoms with Crippen molar-refractivity contribution in [1.29, 1.82) is 0 Å². The third kappa shape index (κ3) is 6.89. The Morgan fingerprint density at radius 2 is 1.66 bits per heavy atom. The lowest BCUT2D eigenvalue weighted by Gasteiger charge is -2.23. The zero-order chi connectivity index (χ0) is 24.1. The van der Waals surface area contributed by atoms with Crippen molar-refractivity contribution in [1.82, 2.24) is 5.32 Å². The van der Waals surface area contributed by atoms with E-state index in [1.807, 2.05) is 13.0 Å². The average molecular weight is 462 g/mol. The van der Waals surface area contributed by atoms with Crippen LogP contribution in [-0.4, -0.2) is 38.3 Å². The number of amides is 2. The number of carbonyl (C=O) groups excluding carboxylic acids is 3. The van der Waals surface area contributed by atoms with E-state index in [1.165, 1.54) is 31.2 Å². The summed E-state index contributed by atoms with van der Waals surface area (Å²) in [6.07, 6.45) is -1.20. The van der Waals surface area contributed by atoms with Gasteiger partial charge in [0.05, 0.1) is 4.90 Å². The van der Waals surface area contributed by atoms with E-state index in [9.17, 15) is 22.8 Å². The molecule has 0 fully saturated rings. The van der Waals surface area contributed by atoms with E-state index in [2.05, 4.69) is 10.6 Å². The minimum atomic E-state index is -3.94. The van der Waals surface area contributed by atoms with Crippen LogP contribution in [0.4, 0.5) is 5.69 Å². The molecule has 2 aromatic carbocycles. The number of nitrogens with two attached hydrogens (primary N) is 1. The summed E-state index contributed by atoms with van der Waals surface area (Å²) in [5, 5.41) is 10.2. The molecule has 0 aliphatic rings. The Labute approximate surface area is 187 Å². The highest BCUT2D eigenvalue weighted by molar-refractivity contribution is 7.89. The molecule has 4 N–H and O–H groups in total. The highest BCUT2D eigenvalue weighted by atomic mass is 32.2. The second kappa shape index (κ2) is 10.4. The number of ether oxygens (including phenoxy) is 1. The van der Waals surface area contributed by atoms with Gasteiger partial charge in [-0.05, 0) is 50.1 Å². The van der Waals surface area contributed by atoms with E-state index in [1.54, 1.807) is 32.0 Å². The van der Waals surface area contributed by atoms with Gasteiger partial charge in [-0.15, -0.1) is 0 Å². The summed E-state index contributed by atoms with van der Waals surface area (Å²) in [5.74, 6) is -2.15. The lowest BCUT2D eigenvalue weighted by Crippen LogP contribution is -2.47. The number of hydrogen-bond acceptors (Lipinski definition) is 6. The zero-order valence-corrected chi connectivity index (χ0v) is 19.1. The van der Waals surface area contributed by atoms with Gasteiger partial charge in [-0.25, -0.2) is 18.4 Å². The van der Waals surface area contributed by atoms with E-state index in [-0.39, 0.29) is 16.5 Å². The van der Waals surface area contributed by atoms with Gasteiger partial charge in [0.15, 0.2) is 6.10 Å². The summed E-state index contributed by atoms with van der Waals surface area (Å²) in [6.45, 7) is 6.71. The zero-order valence-electron chi connectivity index (χ0n) is 18.3. The van der Waals surface area contributed by atoms with Crippen molar-refractivity contribution in [2.45, 2.75) is 44.7 Å². The Morgan fingerprint density at radius 1 is 1.00 bits per heavy atom. The third-order valence-corrected chi connectivity index (χ3v) is 5.49. The Bertz CT molecular complexity index is 1110. The topological polar surface area (TPSA) is 145 Å². The van der Waals surface area contributed by atoms with Crippen molar-refractivity contribution in [3.63, 3.8) is 0 Å². The molecule has 1 unspecified atom stereocenters. The molecule has 0 spiro atoms. The number of aryl methyl sites for hydroxylation is 1. The normalized spacial score (nSPS) is 13.2. The molecule has 2 aromatic rings. The lowest BCUT2D eigenvalue weighted by molar-refractivity contribution is -0.156. The number of rotatable bonds is 8. The first-order valence-corrected chi connectivity index (χ1v) is 11.4. The predicted octanol–water partition coefficient (Wildman–Crippen LogP) is 1.97. The number of hydrogen-bond donors (Lipinski definition) is 3. The Kier molecular flexibility index (Phi) is 8.12. The maximum Gasteiger partial charge on any atom is 0.329 e. The smallest absolute Gasteiger partial charge is 0.329 e. The van der Waals surface area contributed by atoms with Gasteiger partial charge in [0, 0.05) is 11.3 Å². The van der Waals surface area contributed by atoms with Crippen LogP contribution in [0.2, 0.25) is 0 Å². The van der Waals surface area contributed by atoms with Crippen molar-refractivity contribution in [2.24, 2.45) is 11.1 Å². The predicted molar refractivity (Wildman–Crippen MR) is 119 cm³/mol. The minimum absolute atomic E-state index is 0.168. The van der Waals surface area contributed by atoms with Gasteiger partial charge in [-0.3, -0.25) is 9.59 Å². The van der Waals surface area contributed by atoms with Crippen LogP contribution in [0.15, 0.2) is 53.4 Å². The number of primary sulfonamides is 1. The molecule has 0 radical (unpaired) electrons. The van der Waals surface area contributed by atoms with Crippen LogP contribution in [0.5, 0.6) is 0 Å². The minimum Gasteiger partial charge on any atom is -0.451 e. The summed E-state index contributed by atoms with van der Waals surface area (Å²) in [6, 6.07) is 11.3. The molecule has 10 heteroatoms. The monoisotopic (exact) mass is 461 g/mol. The highest BCUT2D eigenvalue weighted by Crippen LogP contribution is 2.15. The molecule has 9 nitrogen and oxygen atoms in total. The first-order chi connectivity index (χ1) is 14.9. The largest absolute Gasteiger partial charge is 0.451 e. The molecular weight excluding hydrogens is 434 g/mol. The van der Waals surface area contributed by atoms with Crippen LogP contribution >= 0.6 is 0 Å². The molecule has 0 aliphatic heterocycles. The maximum absolute atomic E-state index is 12.7. The summed E-state index contributed by atoms with van der Waals surface area (Å²) in [5.41, 5.74) is 1.49. The van der Waals surface area contributed by atoms with Crippen molar-refractivity contribution in [2.75, 3.05) is 5.32 Å². The van der Waals surface area contributed by atoms with Crippen molar-refractivity contribution in [3.8, 4) is 0 Å². The highest BCUT2D eigenvalue weighted by Gasteiger charge is 2.29. The molecule has 0 heterocycles. The van der Waals surface area contributed by atoms with Gasteiger partial charge in [0.1, 0.15) is 6.04 Å². The molecule has 32 heavy (non-hydrogen) atoms. The van der Waals surface area contributed by atoms with E-state index in [4.69, 9.17) is 9.88 Å². The molecule has 2 rings (SSSR count).